The molecule has 0 radical (unpaired) electrons. The molecular formula is C27H27N3O2S. The maximum absolute atomic E-state index is 13.7. The van der Waals surface area contributed by atoms with Gasteiger partial charge in [0.15, 0.2) is 5.69 Å². The maximum Gasteiger partial charge on any atom is 0.280 e. The van der Waals surface area contributed by atoms with Gasteiger partial charge in [0.25, 0.3) is 5.91 Å². The number of rotatable bonds is 4. The maximum atomic E-state index is 13.7. The molecular weight excluding hydrogens is 430 g/mol. The summed E-state index contributed by atoms with van der Waals surface area (Å²) in [6.45, 7) is 8.51. The highest BCUT2D eigenvalue weighted by molar-refractivity contribution is 7.08. The van der Waals surface area contributed by atoms with Crippen molar-refractivity contribution in [3.63, 3.8) is 0 Å². The summed E-state index contributed by atoms with van der Waals surface area (Å²) in [6, 6.07) is 15.8. The van der Waals surface area contributed by atoms with E-state index in [0.717, 1.165) is 33.8 Å². The molecule has 1 amide bonds. The number of aromatic nitrogens is 2. The van der Waals surface area contributed by atoms with Crippen molar-refractivity contribution in [1.29, 1.82) is 0 Å². The van der Waals surface area contributed by atoms with Gasteiger partial charge in [0.1, 0.15) is 5.75 Å². The second kappa shape index (κ2) is 7.89. The Bertz CT molecular complexity index is 1330. The molecule has 0 saturated heterocycles. The van der Waals surface area contributed by atoms with E-state index in [1.165, 1.54) is 11.1 Å². The monoisotopic (exact) mass is 457 g/mol. The van der Waals surface area contributed by atoms with Gasteiger partial charge in [-0.15, -0.1) is 0 Å². The van der Waals surface area contributed by atoms with Crippen molar-refractivity contribution in [2.75, 3.05) is 12.0 Å². The van der Waals surface area contributed by atoms with Crippen molar-refractivity contribution in [3.05, 3.63) is 87.4 Å². The Morgan fingerprint density at radius 3 is 2.42 bits per heavy atom. The van der Waals surface area contributed by atoms with Crippen molar-refractivity contribution < 1.29 is 9.53 Å². The number of nitrogens with zero attached hydrogens (tertiary/aromatic N) is 2. The van der Waals surface area contributed by atoms with Crippen molar-refractivity contribution >= 4 is 22.9 Å². The lowest BCUT2D eigenvalue weighted by Crippen LogP contribution is -2.30. The highest BCUT2D eigenvalue weighted by Crippen LogP contribution is 2.47. The predicted molar refractivity (Wildman–Crippen MR) is 133 cm³/mol. The van der Waals surface area contributed by atoms with E-state index in [4.69, 9.17) is 4.74 Å². The molecule has 2 aromatic heterocycles. The summed E-state index contributed by atoms with van der Waals surface area (Å²) in [5.74, 6) is 0.645. The van der Waals surface area contributed by atoms with Crippen LogP contribution in [0.25, 0.3) is 11.1 Å². The van der Waals surface area contributed by atoms with E-state index in [1.807, 2.05) is 41.3 Å². The number of carbonyl (C=O) groups is 1. The number of hydrogen-bond acceptors (Lipinski definition) is 4. The zero-order valence-corrected chi connectivity index (χ0v) is 20.3. The summed E-state index contributed by atoms with van der Waals surface area (Å²) in [6.07, 6.45) is 0. The van der Waals surface area contributed by atoms with E-state index >= 15 is 0 Å². The highest BCUT2D eigenvalue weighted by Gasteiger charge is 2.45. The van der Waals surface area contributed by atoms with E-state index in [0.29, 0.717) is 5.69 Å². The van der Waals surface area contributed by atoms with Crippen LogP contribution in [0.1, 0.15) is 59.7 Å². The number of carbonyl (C=O) groups excluding carboxylic acids is 1. The number of ether oxygens (including phenoxy) is 1. The Balaban J connectivity index is 1.67. The third-order valence-corrected chi connectivity index (χ3v) is 7.11. The first-order valence-corrected chi connectivity index (χ1v) is 11.9. The van der Waals surface area contributed by atoms with Crippen molar-refractivity contribution in [3.8, 4) is 16.9 Å². The molecule has 3 heterocycles. The molecule has 5 nitrogen and oxygen atoms in total. The molecule has 1 aliphatic heterocycles. The van der Waals surface area contributed by atoms with E-state index in [2.05, 4.69) is 60.8 Å². The average Bonchev–Trinajstić information content (AvgIpc) is 3.49. The van der Waals surface area contributed by atoms with Crippen molar-refractivity contribution in [1.82, 2.24) is 10.2 Å². The molecule has 1 N–H and O–H groups in total. The minimum absolute atomic E-state index is 0.105. The minimum atomic E-state index is -0.328. The van der Waals surface area contributed by atoms with Crippen LogP contribution in [0.5, 0.6) is 5.75 Å². The van der Waals surface area contributed by atoms with Crippen LogP contribution in [0, 0.1) is 6.92 Å². The smallest absolute Gasteiger partial charge is 0.280 e. The molecule has 0 saturated carbocycles. The number of anilines is 1. The Hall–Kier alpha value is -3.38. The fourth-order valence-corrected chi connectivity index (χ4v) is 5.48. The number of H-pyrrole nitrogens is 1. The van der Waals surface area contributed by atoms with Crippen LogP contribution in [-0.2, 0) is 5.41 Å². The molecule has 6 heteroatoms. The van der Waals surface area contributed by atoms with Crippen LogP contribution in [0.15, 0.2) is 59.3 Å². The Labute approximate surface area is 198 Å². The van der Waals surface area contributed by atoms with Gasteiger partial charge in [0.05, 0.1) is 13.2 Å². The van der Waals surface area contributed by atoms with Gasteiger partial charge in [-0.2, -0.15) is 16.4 Å². The molecule has 4 aromatic rings. The van der Waals surface area contributed by atoms with Gasteiger partial charge in [-0.1, -0.05) is 51.1 Å². The van der Waals surface area contributed by atoms with Gasteiger partial charge >= 0.3 is 0 Å². The van der Waals surface area contributed by atoms with E-state index in [9.17, 15) is 4.79 Å². The Kier molecular flexibility index (Phi) is 5.13. The zero-order chi connectivity index (χ0) is 23.3. The molecule has 0 aliphatic carbocycles. The lowest BCUT2D eigenvalue weighted by molar-refractivity contribution is 0.0988. The van der Waals surface area contributed by atoms with Gasteiger partial charge < -0.3 is 4.74 Å². The van der Waals surface area contributed by atoms with Crippen molar-refractivity contribution in [2.24, 2.45) is 0 Å². The summed E-state index contributed by atoms with van der Waals surface area (Å²) in [5.41, 5.74) is 7.58. The highest BCUT2D eigenvalue weighted by atomic mass is 32.1. The molecule has 5 rings (SSSR count). The van der Waals surface area contributed by atoms with Crippen LogP contribution in [-0.4, -0.2) is 23.2 Å². The molecule has 0 bridgehead atoms. The zero-order valence-electron chi connectivity index (χ0n) is 19.5. The van der Waals surface area contributed by atoms with Crippen LogP contribution in [0.2, 0.25) is 0 Å². The normalized spacial score (nSPS) is 15.7. The summed E-state index contributed by atoms with van der Waals surface area (Å²) in [7, 11) is 1.67. The summed E-state index contributed by atoms with van der Waals surface area (Å²) < 4.78 is 5.71. The number of hydrogen-bond donors (Lipinski definition) is 1. The number of para-hydroxylation sites is 1. The number of methoxy groups -OCH3 is 1. The fraction of sp³-hybridized carbons (Fsp3) is 0.259. The summed E-state index contributed by atoms with van der Waals surface area (Å²) in [4.78, 5) is 15.5. The number of benzene rings is 2. The average molecular weight is 458 g/mol. The van der Waals surface area contributed by atoms with Gasteiger partial charge in [0.2, 0.25) is 0 Å². The van der Waals surface area contributed by atoms with E-state index in [-0.39, 0.29) is 17.4 Å². The number of amides is 1. The van der Waals surface area contributed by atoms with Crippen LogP contribution >= 0.6 is 11.3 Å². The summed E-state index contributed by atoms with van der Waals surface area (Å²) >= 11 is 1.70. The molecule has 2 aromatic carbocycles. The standard InChI is InChI=1S/C27H27N3O2S/c1-16-14-33-15-20(16)17-10-12-18(13-11-17)30-24(19-8-6-7-9-21(19)32-5)22-23(26(30)31)28-29-25(22)27(2,3)4/h6-15,24H,1-5H3,(H,28,29). The second-order valence-electron chi connectivity index (χ2n) is 9.45. The fourth-order valence-electron chi connectivity index (χ4n) is 4.62. The first-order valence-electron chi connectivity index (χ1n) is 11.0. The van der Waals surface area contributed by atoms with E-state index in [1.54, 1.807) is 18.4 Å². The number of nitrogens with one attached hydrogen (secondary N) is 1. The topological polar surface area (TPSA) is 58.2 Å². The lowest BCUT2D eigenvalue weighted by atomic mass is 9.85. The largest absolute Gasteiger partial charge is 0.496 e. The number of fused-ring (bicyclic) bond motifs is 1. The predicted octanol–water partition coefficient (Wildman–Crippen LogP) is 6.50. The van der Waals surface area contributed by atoms with Crippen LogP contribution in [0.4, 0.5) is 5.69 Å². The minimum Gasteiger partial charge on any atom is -0.496 e. The molecule has 1 aliphatic rings. The van der Waals surface area contributed by atoms with Gasteiger partial charge in [0, 0.05) is 27.9 Å². The Morgan fingerprint density at radius 1 is 1.06 bits per heavy atom. The van der Waals surface area contributed by atoms with Gasteiger partial charge in [-0.05, 0) is 52.6 Å². The summed E-state index contributed by atoms with van der Waals surface area (Å²) in [5, 5.41) is 11.9. The molecule has 33 heavy (non-hydrogen) atoms. The molecule has 1 unspecified atom stereocenters. The number of thiophene rings is 1. The van der Waals surface area contributed by atoms with Crippen LogP contribution < -0.4 is 9.64 Å². The molecule has 168 valence electrons. The second-order valence-corrected chi connectivity index (χ2v) is 10.2. The third-order valence-electron chi connectivity index (χ3n) is 6.25. The number of aryl methyl sites for hydroxylation is 1. The quantitative estimate of drug-likeness (QED) is 0.380. The van der Waals surface area contributed by atoms with Gasteiger partial charge in [-0.25, -0.2) is 0 Å². The van der Waals surface area contributed by atoms with Gasteiger partial charge in [-0.3, -0.25) is 14.8 Å². The lowest BCUT2D eigenvalue weighted by Gasteiger charge is -2.29. The third kappa shape index (κ3) is 3.45. The molecule has 0 fully saturated rings. The number of aromatic amines is 1. The SMILES string of the molecule is COc1ccccc1C1c2c(n[nH]c2C(C)(C)C)C(=O)N1c1ccc(-c2cscc2C)cc1. The molecule has 1 atom stereocenters. The van der Waals surface area contributed by atoms with Crippen molar-refractivity contribution in [2.45, 2.75) is 39.2 Å². The first-order chi connectivity index (χ1) is 15.8. The van der Waals surface area contributed by atoms with E-state index < -0.39 is 0 Å². The molecule has 0 spiro atoms. The first kappa shape index (κ1) is 21.5. The van der Waals surface area contributed by atoms with Crippen LogP contribution in [0.3, 0.4) is 0 Å². The Morgan fingerprint density at radius 2 is 1.79 bits per heavy atom.